The Bertz CT molecular complexity index is 580. The van der Waals surface area contributed by atoms with Gasteiger partial charge in [0, 0.05) is 44.1 Å². The molecule has 1 aromatic rings. The van der Waals surface area contributed by atoms with Crippen LogP contribution < -0.4 is 0 Å². The molecule has 0 radical (unpaired) electrons. The zero-order valence-electron chi connectivity index (χ0n) is 12.5. The van der Waals surface area contributed by atoms with E-state index >= 15 is 0 Å². The summed E-state index contributed by atoms with van der Waals surface area (Å²) in [5.74, 6) is 0. The SMILES string of the molecule is CS(=O)(=O)N1CCCC12CCN(Cc1ccncc1)CC2. The van der Waals surface area contributed by atoms with Crippen LogP contribution in [0.2, 0.25) is 0 Å². The van der Waals surface area contributed by atoms with Gasteiger partial charge in [-0.05, 0) is 43.4 Å². The van der Waals surface area contributed by atoms with Crippen molar-refractivity contribution >= 4 is 10.0 Å². The fourth-order valence-electron chi connectivity index (χ4n) is 3.80. The fraction of sp³-hybridized carbons (Fsp3) is 0.667. The molecule has 2 saturated heterocycles. The standard InChI is InChI=1S/C15H23N3O2S/c1-21(19,20)18-10-2-5-15(18)6-11-17(12-7-15)13-14-3-8-16-9-4-14/h3-4,8-9H,2,5-7,10-13H2,1H3. The number of hydrogen-bond acceptors (Lipinski definition) is 4. The number of sulfonamides is 1. The van der Waals surface area contributed by atoms with Crippen LogP contribution in [0.1, 0.15) is 31.2 Å². The van der Waals surface area contributed by atoms with Gasteiger partial charge in [-0.2, -0.15) is 4.31 Å². The van der Waals surface area contributed by atoms with Crippen LogP contribution in [0.15, 0.2) is 24.5 Å². The molecule has 2 aliphatic heterocycles. The first kappa shape index (κ1) is 14.9. The lowest BCUT2D eigenvalue weighted by Gasteiger charge is -2.43. The molecule has 21 heavy (non-hydrogen) atoms. The molecule has 0 unspecified atom stereocenters. The lowest BCUT2D eigenvalue weighted by atomic mass is 9.86. The Balaban J connectivity index is 1.65. The van der Waals surface area contributed by atoms with Gasteiger partial charge in [-0.1, -0.05) is 0 Å². The molecule has 1 spiro atoms. The molecule has 0 aromatic carbocycles. The van der Waals surface area contributed by atoms with Gasteiger partial charge in [-0.25, -0.2) is 8.42 Å². The van der Waals surface area contributed by atoms with Crippen molar-refractivity contribution < 1.29 is 8.42 Å². The molecule has 0 aliphatic carbocycles. The molecular weight excluding hydrogens is 286 g/mol. The number of rotatable bonds is 3. The van der Waals surface area contributed by atoms with Crippen molar-refractivity contribution in [3.63, 3.8) is 0 Å². The highest BCUT2D eigenvalue weighted by molar-refractivity contribution is 7.88. The maximum absolute atomic E-state index is 12.0. The summed E-state index contributed by atoms with van der Waals surface area (Å²) < 4.78 is 25.7. The van der Waals surface area contributed by atoms with E-state index in [1.807, 2.05) is 24.5 Å². The van der Waals surface area contributed by atoms with Crippen LogP contribution in [0.4, 0.5) is 0 Å². The molecule has 0 saturated carbocycles. The summed E-state index contributed by atoms with van der Waals surface area (Å²) in [6.07, 6.45) is 8.91. The summed E-state index contributed by atoms with van der Waals surface area (Å²) in [5.41, 5.74) is 1.16. The fourth-order valence-corrected chi connectivity index (χ4v) is 5.24. The molecule has 1 aromatic heterocycles. The van der Waals surface area contributed by atoms with Crippen LogP contribution >= 0.6 is 0 Å². The van der Waals surface area contributed by atoms with Crippen molar-refractivity contribution in [2.45, 2.75) is 37.8 Å². The molecule has 2 aliphatic rings. The number of aromatic nitrogens is 1. The Labute approximate surface area is 127 Å². The minimum absolute atomic E-state index is 0.109. The smallest absolute Gasteiger partial charge is 0.211 e. The molecule has 0 N–H and O–H groups in total. The van der Waals surface area contributed by atoms with Gasteiger partial charge < -0.3 is 0 Å². The molecule has 0 bridgehead atoms. The second-order valence-electron chi connectivity index (χ2n) is 6.29. The average molecular weight is 309 g/mol. The van der Waals surface area contributed by atoms with Gasteiger partial charge in [-0.3, -0.25) is 9.88 Å². The van der Waals surface area contributed by atoms with Crippen molar-refractivity contribution in [3.8, 4) is 0 Å². The molecular formula is C15H23N3O2S. The molecule has 5 nitrogen and oxygen atoms in total. The van der Waals surface area contributed by atoms with E-state index in [0.29, 0.717) is 6.54 Å². The van der Waals surface area contributed by atoms with E-state index in [-0.39, 0.29) is 5.54 Å². The Morgan fingerprint density at radius 2 is 1.81 bits per heavy atom. The predicted molar refractivity (Wildman–Crippen MR) is 82.3 cm³/mol. The highest BCUT2D eigenvalue weighted by Crippen LogP contribution is 2.40. The van der Waals surface area contributed by atoms with Gasteiger partial charge in [-0.15, -0.1) is 0 Å². The number of piperidine rings is 1. The van der Waals surface area contributed by atoms with Gasteiger partial charge in [0.25, 0.3) is 0 Å². The molecule has 0 amide bonds. The lowest BCUT2D eigenvalue weighted by Crippen LogP contribution is -2.53. The molecule has 0 atom stereocenters. The van der Waals surface area contributed by atoms with Crippen molar-refractivity contribution in [3.05, 3.63) is 30.1 Å². The second-order valence-corrected chi connectivity index (χ2v) is 8.20. The van der Waals surface area contributed by atoms with E-state index in [0.717, 1.165) is 45.3 Å². The zero-order chi connectivity index (χ0) is 14.9. The second kappa shape index (κ2) is 5.66. The summed E-state index contributed by atoms with van der Waals surface area (Å²) in [4.78, 5) is 6.46. The van der Waals surface area contributed by atoms with Gasteiger partial charge in [0.2, 0.25) is 10.0 Å². The summed E-state index contributed by atoms with van der Waals surface area (Å²) >= 11 is 0. The lowest BCUT2D eigenvalue weighted by molar-refractivity contribution is 0.0984. The summed E-state index contributed by atoms with van der Waals surface area (Å²) in [6.45, 7) is 3.56. The maximum atomic E-state index is 12.0. The van der Waals surface area contributed by atoms with E-state index in [2.05, 4.69) is 9.88 Å². The Hall–Kier alpha value is -0.980. The van der Waals surface area contributed by atoms with Crippen LogP contribution in [0, 0.1) is 0 Å². The quantitative estimate of drug-likeness (QED) is 0.848. The van der Waals surface area contributed by atoms with Crippen LogP contribution in [0.25, 0.3) is 0 Å². The van der Waals surface area contributed by atoms with Gasteiger partial charge in [0.1, 0.15) is 0 Å². The van der Waals surface area contributed by atoms with E-state index in [1.54, 1.807) is 4.31 Å². The van der Waals surface area contributed by atoms with Crippen LogP contribution in [-0.2, 0) is 16.6 Å². The first-order chi connectivity index (χ1) is 10.00. The third-order valence-corrected chi connectivity index (χ3v) is 6.25. The highest BCUT2D eigenvalue weighted by Gasteiger charge is 2.46. The third-order valence-electron chi connectivity index (χ3n) is 4.88. The van der Waals surface area contributed by atoms with Crippen molar-refractivity contribution in [2.24, 2.45) is 0 Å². The van der Waals surface area contributed by atoms with E-state index in [9.17, 15) is 8.42 Å². The Kier molecular flexibility index (Phi) is 4.03. The first-order valence-corrected chi connectivity index (χ1v) is 9.44. The third kappa shape index (κ3) is 3.12. The molecule has 2 fully saturated rings. The summed E-state index contributed by atoms with van der Waals surface area (Å²) in [5, 5.41) is 0. The van der Waals surface area contributed by atoms with Crippen molar-refractivity contribution in [1.29, 1.82) is 0 Å². The van der Waals surface area contributed by atoms with Crippen molar-refractivity contribution in [1.82, 2.24) is 14.2 Å². The first-order valence-electron chi connectivity index (χ1n) is 7.59. The molecule has 6 heteroatoms. The molecule has 3 heterocycles. The Morgan fingerprint density at radius 1 is 1.14 bits per heavy atom. The van der Waals surface area contributed by atoms with E-state index in [1.165, 1.54) is 11.8 Å². The Morgan fingerprint density at radius 3 is 2.43 bits per heavy atom. The highest BCUT2D eigenvalue weighted by atomic mass is 32.2. The van der Waals surface area contributed by atoms with Crippen LogP contribution in [0.3, 0.4) is 0 Å². The molecule has 3 rings (SSSR count). The van der Waals surface area contributed by atoms with Gasteiger partial charge in [0.15, 0.2) is 0 Å². The van der Waals surface area contributed by atoms with Crippen LogP contribution in [0.5, 0.6) is 0 Å². The van der Waals surface area contributed by atoms with Gasteiger partial charge in [0.05, 0.1) is 6.26 Å². The van der Waals surface area contributed by atoms with Crippen LogP contribution in [-0.4, -0.2) is 54.0 Å². The summed E-state index contributed by atoms with van der Waals surface area (Å²) in [6, 6.07) is 4.09. The monoisotopic (exact) mass is 309 g/mol. The average Bonchev–Trinajstić information content (AvgIpc) is 2.87. The number of pyridine rings is 1. The predicted octanol–water partition coefficient (Wildman–Crippen LogP) is 1.47. The van der Waals surface area contributed by atoms with E-state index in [4.69, 9.17) is 0 Å². The zero-order valence-corrected chi connectivity index (χ0v) is 13.3. The largest absolute Gasteiger partial charge is 0.299 e. The summed E-state index contributed by atoms with van der Waals surface area (Å²) in [7, 11) is -3.08. The number of hydrogen-bond donors (Lipinski definition) is 0. The topological polar surface area (TPSA) is 53.5 Å². The number of nitrogens with zero attached hydrogens (tertiary/aromatic N) is 3. The van der Waals surface area contributed by atoms with E-state index < -0.39 is 10.0 Å². The normalized spacial score (nSPS) is 23.7. The molecule has 116 valence electrons. The minimum Gasteiger partial charge on any atom is -0.299 e. The van der Waals surface area contributed by atoms with Crippen molar-refractivity contribution in [2.75, 3.05) is 25.9 Å². The minimum atomic E-state index is -3.08. The number of likely N-dealkylation sites (tertiary alicyclic amines) is 1. The maximum Gasteiger partial charge on any atom is 0.211 e. The van der Waals surface area contributed by atoms with Gasteiger partial charge >= 0.3 is 0 Å².